The van der Waals surface area contributed by atoms with E-state index >= 15 is 0 Å². The van der Waals surface area contributed by atoms with Gasteiger partial charge in [0.15, 0.2) is 0 Å². The predicted molar refractivity (Wildman–Crippen MR) is 32.3 cm³/mol. The first-order valence-electron chi connectivity index (χ1n) is 2.08. The third-order valence-corrected chi connectivity index (χ3v) is 1.15. The molecule has 58 valence electrons. The monoisotopic (exact) mass is 217 g/mol. The second-order valence-electron chi connectivity index (χ2n) is 1.40. The highest BCUT2D eigenvalue weighted by Gasteiger charge is 2.25. The van der Waals surface area contributed by atoms with Crippen LogP contribution in [-0.4, -0.2) is 12.1 Å². The molecule has 0 aromatic heterocycles. The molecule has 6 heteroatoms. The van der Waals surface area contributed by atoms with E-state index in [9.17, 15) is 18.0 Å². The van der Waals surface area contributed by atoms with Crippen LogP contribution in [0.1, 0.15) is 0 Å². The molecule has 2 nitrogen and oxygen atoms in total. The van der Waals surface area contributed by atoms with Gasteiger partial charge >= 0.3 is 6.18 Å². The number of rotatable bonds is 1. The minimum Gasteiger partial charge on any atom is -0.365 e. The topological polar surface area (TPSA) is 43.1 Å². The summed E-state index contributed by atoms with van der Waals surface area (Å²) < 4.78 is 33.4. The van der Waals surface area contributed by atoms with Gasteiger partial charge in [0, 0.05) is 6.08 Å². The van der Waals surface area contributed by atoms with Gasteiger partial charge < -0.3 is 5.73 Å². The summed E-state index contributed by atoms with van der Waals surface area (Å²) in [6, 6.07) is 0. The summed E-state index contributed by atoms with van der Waals surface area (Å²) in [6.07, 6.45) is -4.72. The first-order chi connectivity index (χ1) is 4.33. The molecular weight excluding hydrogens is 215 g/mol. The molecule has 0 aromatic carbocycles. The van der Waals surface area contributed by atoms with E-state index < -0.39 is 16.6 Å². The number of carbonyl (C=O) groups excluding carboxylic acids is 1. The Bertz CT molecular complexity index is 174. The van der Waals surface area contributed by atoms with Gasteiger partial charge in [-0.2, -0.15) is 13.2 Å². The number of hydrogen-bond acceptors (Lipinski definition) is 1. The highest BCUT2D eigenvalue weighted by atomic mass is 79.9. The Kier molecular flexibility index (Phi) is 2.89. The number of allylic oxidation sites excluding steroid dienone is 1. The van der Waals surface area contributed by atoms with Gasteiger partial charge in [-0.1, -0.05) is 0 Å². The van der Waals surface area contributed by atoms with Crippen molar-refractivity contribution in [3.8, 4) is 0 Å². The van der Waals surface area contributed by atoms with Gasteiger partial charge in [0.25, 0.3) is 5.91 Å². The Balaban J connectivity index is 4.32. The third kappa shape index (κ3) is 4.37. The fraction of sp³-hybridized carbons (Fsp3) is 0.250. The molecule has 0 unspecified atom stereocenters. The molecule has 1 amide bonds. The molecule has 0 atom stereocenters. The van der Waals surface area contributed by atoms with Crippen molar-refractivity contribution < 1.29 is 18.0 Å². The smallest absolute Gasteiger partial charge is 0.365 e. The van der Waals surface area contributed by atoms with Crippen LogP contribution in [0.4, 0.5) is 13.2 Å². The highest BCUT2D eigenvalue weighted by molar-refractivity contribution is 9.12. The molecule has 0 rings (SSSR count). The van der Waals surface area contributed by atoms with Crippen LogP contribution in [0.15, 0.2) is 10.6 Å². The summed E-state index contributed by atoms with van der Waals surface area (Å²) >= 11 is 2.34. The lowest BCUT2D eigenvalue weighted by Gasteiger charge is -1.97. The van der Waals surface area contributed by atoms with E-state index in [-0.39, 0.29) is 6.08 Å². The summed E-state index contributed by atoms with van der Waals surface area (Å²) in [5.41, 5.74) is 4.49. The number of carbonyl (C=O) groups is 1. The van der Waals surface area contributed by atoms with Crippen molar-refractivity contribution in [2.45, 2.75) is 6.18 Å². The Morgan fingerprint density at radius 2 is 1.90 bits per heavy atom. The van der Waals surface area contributed by atoms with Crippen LogP contribution >= 0.6 is 15.9 Å². The lowest BCUT2D eigenvalue weighted by Crippen LogP contribution is -2.13. The molecule has 0 saturated carbocycles. The van der Waals surface area contributed by atoms with E-state index in [1.165, 1.54) is 0 Å². The summed E-state index contributed by atoms with van der Waals surface area (Å²) in [7, 11) is 0. The maximum atomic E-state index is 11.4. The maximum Gasteiger partial charge on any atom is 0.411 e. The minimum absolute atomic E-state index is 0.213. The van der Waals surface area contributed by atoms with E-state index in [0.29, 0.717) is 0 Å². The lowest BCUT2D eigenvalue weighted by molar-refractivity contribution is -0.114. The van der Waals surface area contributed by atoms with Gasteiger partial charge in [-0.15, -0.1) is 0 Å². The minimum atomic E-state index is -4.51. The molecule has 0 fully saturated rings. The van der Waals surface area contributed by atoms with E-state index in [0.717, 1.165) is 0 Å². The fourth-order valence-electron chi connectivity index (χ4n) is 0.215. The van der Waals surface area contributed by atoms with Gasteiger partial charge in [0.05, 0.1) is 4.48 Å². The molecule has 0 bridgehead atoms. The molecule has 0 aromatic rings. The Morgan fingerprint density at radius 1 is 1.50 bits per heavy atom. The molecule has 0 spiro atoms. The van der Waals surface area contributed by atoms with Crippen molar-refractivity contribution in [3.63, 3.8) is 0 Å². The Morgan fingerprint density at radius 3 is 2.00 bits per heavy atom. The molecule has 0 saturated heterocycles. The normalized spacial score (nSPS) is 13.4. The molecular formula is C4H3BrF3NO. The molecule has 0 aliphatic rings. The van der Waals surface area contributed by atoms with E-state index in [1.807, 2.05) is 0 Å². The van der Waals surface area contributed by atoms with Crippen molar-refractivity contribution in [2.24, 2.45) is 5.73 Å². The summed E-state index contributed by atoms with van der Waals surface area (Å²) in [4.78, 5) is 9.98. The van der Waals surface area contributed by atoms with E-state index in [2.05, 4.69) is 21.7 Å². The average Bonchev–Trinajstić information content (AvgIpc) is 1.60. The van der Waals surface area contributed by atoms with E-state index in [4.69, 9.17) is 0 Å². The Labute approximate surface area is 63.0 Å². The largest absolute Gasteiger partial charge is 0.411 e. The first-order valence-corrected chi connectivity index (χ1v) is 2.87. The third-order valence-electron chi connectivity index (χ3n) is 0.526. The zero-order valence-corrected chi connectivity index (χ0v) is 6.16. The highest BCUT2D eigenvalue weighted by Crippen LogP contribution is 2.20. The maximum absolute atomic E-state index is 11.4. The fourth-order valence-corrected chi connectivity index (χ4v) is 0.474. The van der Waals surface area contributed by atoms with Gasteiger partial charge in [-0.25, -0.2) is 0 Å². The van der Waals surface area contributed by atoms with Crippen LogP contribution in [0.25, 0.3) is 0 Å². The number of alkyl halides is 3. The summed E-state index contributed by atoms with van der Waals surface area (Å²) in [5.74, 6) is -1.14. The summed E-state index contributed by atoms with van der Waals surface area (Å²) in [6.45, 7) is 0. The molecule has 0 heterocycles. The van der Waals surface area contributed by atoms with Gasteiger partial charge in [-0.3, -0.25) is 4.79 Å². The van der Waals surface area contributed by atoms with Crippen molar-refractivity contribution in [3.05, 3.63) is 10.6 Å². The van der Waals surface area contributed by atoms with Crippen LogP contribution < -0.4 is 5.73 Å². The van der Waals surface area contributed by atoms with Crippen LogP contribution in [0.3, 0.4) is 0 Å². The van der Waals surface area contributed by atoms with Crippen molar-refractivity contribution in [2.75, 3.05) is 0 Å². The van der Waals surface area contributed by atoms with Crippen molar-refractivity contribution >= 4 is 21.8 Å². The zero-order chi connectivity index (χ0) is 8.36. The van der Waals surface area contributed by atoms with Gasteiger partial charge in [-0.05, 0) is 15.9 Å². The molecule has 2 N–H and O–H groups in total. The number of amides is 1. The number of nitrogens with two attached hydrogens (primary N) is 1. The second kappa shape index (κ2) is 3.05. The standard InChI is InChI=1S/C4H3BrF3NO/c5-2(3(9)10)1-4(6,7)8/h1H,(H2,9,10)/b2-1-. The first kappa shape index (κ1) is 9.48. The SMILES string of the molecule is NC(=O)/C(Br)=C/C(F)(F)F. The van der Waals surface area contributed by atoms with E-state index in [1.54, 1.807) is 0 Å². The van der Waals surface area contributed by atoms with Gasteiger partial charge in [0.2, 0.25) is 0 Å². The van der Waals surface area contributed by atoms with Crippen LogP contribution in [0.2, 0.25) is 0 Å². The zero-order valence-electron chi connectivity index (χ0n) is 4.57. The number of primary amides is 1. The van der Waals surface area contributed by atoms with Crippen LogP contribution in [-0.2, 0) is 4.79 Å². The summed E-state index contributed by atoms with van der Waals surface area (Å²) in [5, 5.41) is 0. The molecule has 10 heavy (non-hydrogen) atoms. The molecule has 0 radical (unpaired) electrons. The average molecular weight is 218 g/mol. The van der Waals surface area contributed by atoms with Crippen molar-refractivity contribution in [1.29, 1.82) is 0 Å². The lowest BCUT2D eigenvalue weighted by atomic mass is 10.5. The number of halogens is 4. The van der Waals surface area contributed by atoms with Crippen molar-refractivity contribution in [1.82, 2.24) is 0 Å². The second-order valence-corrected chi connectivity index (χ2v) is 2.25. The predicted octanol–water partition coefficient (Wildman–Crippen LogP) is 1.31. The van der Waals surface area contributed by atoms with Crippen LogP contribution in [0.5, 0.6) is 0 Å². The molecule has 0 aliphatic heterocycles. The van der Waals surface area contributed by atoms with Gasteiger partial charge in [0.1, 0.15) is 0 Å². The van der Waals surface area contributed by atoms with Crippen LogP contribution in [0, 0.1) is 0 Å². The number of hydrogen-bond donors (Lipinski definition) is 1. The Hall–Kier alpha value is -0.520. The molecule has 0 aliphatic carbocycles. The quantitative estimate of drug-likeness (QED) is 0.662.